The van der Waals surface area contributed by atoms with Crippen molar-refractivity contribution in [3.8, 4) is 0 Å². The van der Waals surface area contributed by atoms with Gasteiger partial charge in [-0.3, -0.25) is 0 Å². The third-order valence-corrected chi connectivity index (χ3v) is 2.80. The maximum Gasteiger partial charge on any atom is 0.0192 e. The predicted molar refractivity (Wildman–Crippen MR) is 69.9 cm³/mol. The van der Waals surface area contributed by atoms with Gasteiger partial charge in [-0.25, -0.2) is 0 Å². The van der Waals surface area contributed by atoms with Gasteiger partial charge in [0.2, 0.25) is 0 Å². The first-order valence-corrected chi connectivity index (χ1v) is 6.12. The molecule has 0 aromatic carbocycles. The molecule has 0 spiro atoms. The molecule has 0 aliphatic rings. The first-order chi connectivity index (χ1) is 6.69. The van der Waals surface area contributed by atoms with Gasteiger partial charge >= 0.3 is 0 Å². The third kappa shape index (κ3) is 6.59. The molecule has 0 saturated carbocycles. The summed E-state index contributed by atoms with van der Waals surface area (Å²) in [4.78, 5) is 0. The van der Waals surface area contributed by atoms with Gasteiger partial charge in [0, 0.05) is 17.7 Å². The van der Waals surface area contributed by atoms with E-state index in [4.69, 9.17) is 0 Å². The van der Waals surface area contributed by atoms with Gasteiger partial charge in [0.1, 0.15) is 0 Å². The van der Waals surface area contributed by atoms with Gasteiger partial charge in [-0.15, -0.1) is 0 Å². The Labute approximate surface area is 96.3 Å². The van der Waals surface area contributed by atoms with Crippen LogP contribution in [0.5, 0.6) is 0 Å². The van der Waals surface area contributed by atoms with Crippen LogP contribution in [0.15, 0.2) is 12.3 Å². The van der Waals surface area contributed by atoms with E-state index < -0.39 is 0 Å². The van der Waals surface area contributed by atoms with Gasteiger partial charge in [-0.2, -0.15) is 0 Å². The van der Waals surface area contributed by atoms with Crippen LogP contribution in [0.2, 0.25) is 0 Å². The average Bonchev–Trinajstić information content (AvgIpc) is 2.09. The molecule has 0 rings (SSSR count). The van der Waals surface area contributed by atoms with Crippen molar-refractivity contribution in [1.29, 1.82) is 0 Å². The molecule has 0 unspecified atom stereocenters. The summed E-state index contributed by atoms with van der Waals surface area (Å²) >= 11 is 0. The van der Waals surface area contributed by atoms with Crippen LogP contribution in [0.25, 0.3) is 0 Å². The van der Waals surface area contributed by atoms with Gasteiger partial charge < -0.3 is 5.32 Å². The highest BCUT2D eigenvalue weighted by Gasteiger charge is 2.22. The molecule has 0 aromatic rings. The Morgan fingerprint density at radius 2 is 1.67 bits per heavy atom. The molecule has 0 bridgehead atoms. The topological polar surface area (TPSA) is 12.0 Å². The first kappa shape index (κ1) is 14.5. The zero-order valence-electron chi connectivity index (χ0n) is 11.5. The second-order valence-corrected chi connectivity index (χ2v) is 6.38. The second kappa shape index (κ2) is 5.58. The third-order valence-electron chi connectivity index (χ3n) is 2.80. The standard InChI is InChI=1S/C14H29N/c1-8-9-10-14(6,7)12(2)15-11-13(3,4)5/h15H,2,8-11H2,1,3-7H3. The fourth-order valence-corrected chi connectivity index (χ4v) is 1.38. The lowest BCUT2D eigenvalue weighted by atomic mass is 9.83. The van der Waals surface area contributed by atoms with E-state index in [2.05, 4.69) is 53.4 Å². The molecule has 15 heavy (non-hydrogen) atoms. The molecule has 0 aliphatic heterocycles. The minimum atomic E-state index is 0.223. The number of allylic oxidation sites excluding steroid dienone is 1. The Balaban J connectivity index is 4.08. The quantitative estimate of drug-likeness (QED) is 0.688. The molecule has 1 N–H and O–H groups in total. The van der Waals surface area contributed by atoms with Gasteiger partial charge in [0.25, 0.3) is 0 Å². The molecular formula is C14H29N. The van der Waals surface area contributed by atoms with E-state index in [1.54, 1.807) is 0 Å². The SMILES string of the molecule is C=C(NCC(C)(C)C)C(C)(C)CCCC. The molecule has 0 radical (unpaired) electrons. The predicted octanol–water partition coefficient (Wildman–Crippen LogP) is 4.35. The maximum atomic E-state index is 4.17. The summed E-state index contributed by atoms with van der Waals surface area (Å²) in [5.74, 6) is 0. The summed E-state index contributed by atoms with van der Waals surface area (Å²) in [5.41, 5.74) is 1.73. The maximum absolute atomic E-state index is 4.17. The largest absolute Gasteiger partial charge is 0.388 e. The van der Waals surface area contributed by atoms with Crippen LogP contribution in [0.4, 0.5) is 0 Å². The highest BCUT2D eigenvalue weighted by Crippen LogP contribution is 2.29. The van der Waals surface area contributed by atoms with E-state index in [1.165, 1.54) is 25.0 Å². The number of rotatable bonds is 6. The molecule has 1 nitrogen and oxygen atoms in total. The first-order valence-electron chi connectivity index (χ1n) is 6.12. The Kier molecular flexibility index (Phi) is 5.41. The molecule has 0 fully saturated rings. The van der Waals surface area contributed by atoms with Crippen molar-refractivity contribution in [3.63, 3.8) is 0 Å². The van der Waals surface area contributed by atoms with Crippen LogP contribution in [-0.2, 0) is 0 Å². The number of hydrogen-bond acceptors (Lipinski definition) is 1. The van der Waals surface area contributed by atoms with Crippen LogP contribution in [0.3, 0.4) is 0 Å². The fraction of sp³-hybridized carbons (Fsp3) is 0.857. The molecule has 0 saturated heterocycles. The van der Waals surface area contributed by atoms with Crippen molar-refractivity contribution < 1.29 is 0 Å². The summed E-state index contributed by atoms with van der Waals surface area (Å²) in [6.07, 6.45) is 3.76. The van der Waals surface area contributed by atoms with Crippen LogP contribution in [-0.4, -0.2) is 6.54 Å². The van der Waals surface area contributed by atoms with Gasteiger partial charge in [-0.1, -0.05) is 61.0 Å². The monoisotopic (exact) mass is 211 g/mol. The van der Waals surface area contributed by atoms with Crippen LogP contribution < -0.4 is 5.32 Å². The van der Waals surface area contributed by atoms with Crippen LogP contribution in [0.1, 0.15) is 60.8 Å². The van der Waals surface area contributed by atoms with E-state index in [0.29, 0.717) is 5.41 Å². The lowest BCUT2D eigenvalue weighted by Gasteiger charge is -2.31. The zero-order chi connectivity index (χ0) is 12.1. The second-order valence-electron chi connectivity index (χ2n) is 6.38. The van der Waals surface area contributed by atoms with Crippen molar-refractivity contribution in [1.82, 2.24) is 5.32 Å². The van der Waals surface area contributed by atoms with Crippen molar-refractivity contribution >= 4 is 0 Å². The summed E-state index contributed by atoms with van der Waals surface area (Å²) in [6.45, 7) is 18.7. The number of unbranched alkanes of at least 4 members (excludes halogenated alkanes) is 1. The Bertz CT molecular complexity index is 196. The summed E-state index contributed by atoms with van der Waals surface area (Å²) in [6, 6.07) is 0. The van der Waals surface area contributed by atoms with Crippen LogP contribution in [0, 0.1) is 10.8 Å². The van der Waals surface area contributed by atoms with Gasteiger partial charge in [-0.05, 0) is 11.8 Å². The summed E-state index contributed by atoms with van der Waals surface area (Å²) in [7, 11) is 0. The van der Waals surface area contributed by atoms with E-state index in [0.717, 1.165) is 6.54 Å². The molecule has 0 heterocycles. The Morgan fingerprint density at radius 3 is 2.07 bits per heavy atom. The van der Waals surface area contributed by atoms with Crippen molar-refractivity contribution in [3.05, 3.63) is 12.3 Å². The molecule has 0 amide bonds. The number of nitrogens with one attached hydrogen (secondary N) is 1. The zero-order valence-corrected chi connectivity index (χ0v) is 11.5. The minimum absolute atomic E-state index is 0.223. The smallest absolute Gasteiger partial charge is 0.0192 e. The summed E-state index contributed by atoms with van der Waals surface area (Å²) < 4.78 is 0. The van der Waals surface area contributed by atoms with Crippen molar-refractivity contribution in [2.24, 2.45) is 10.8 Å². The molecular weight excluding hydrogens is 182 g/mol. The lowest BCUT2D eigenvalue weighted by Crippen LogP contribution is -2.32. The molecule has 0 aromatic heterocycles. The molecule has 0 aliphatic carbocycles. The molecule has 0 atom stereocenters. The highest BCUT2D eigenvalue weighted by molar-refractivity contribution is 5.04. The van der Waals surface area contributed by atoms with Crippen molar-refractivity contribution in [2.75, 3.05) is 6.54 Å². The van der Waals surface area contributed by atoms with E-state index in [9.17, 15) is 0 Å². The molecule has 90 valence electrons. The average molecular weight is 211 g/mol. The lowest BCUT2D eigenvalue weighted by molar-refractivity contribution is 0.333. The van der Waals surface area contributed by atoms with Crippen LogP contribution >= 0.6 is 0 Å². The number of hydrogen-bond donors (Lipinski definition) is 1. The Morgan fingerprint density at radius 1 is 1.13 bits per heavy atom. The van der Waals surface area contributed by atoms with Gasteiger partial charge in [0.15, 0.2) is 0 Å². The Hall–Kier alpha value is -0.460. The van der Waals surface area contributed by atoms with E-state index in [1.807, 2.05) is 0 Å². The molecule has 1 heteroatoms. The van der Waals surface area contributed by atoms with E-state index >= 15 is 0 Å². The van der Waals surface area contributed by atoms with E-state index in [-0.39, 0.29) is 5.41 Å². The van der Waals surface area contributed by atoms with Crippen molar-refractivity contribution in [2.45, 2.75) is 60.8 Å². The normalized spacial score (nSPS) is 12.7. The highest BCUT2D eigenvalue weighted by atomic mass is 14.9. The minimum Gasteiger partial charge on any atom is -0.388 e. The van der Waals surface area contributed by atoms with Gasteiger partial charge in [0.05, 0.1) is 0 Å². The summed E-state index contributed by atoms with van der Waals surface area (Å²) in [5, 5.41) is 3.48. The fourth-order valence-electron chi connectivity index (χ4n) is 1.38.